The van der Waals surface area contributed by atoms with Crippen LogP contribution in [0.3, 0.4) is 0 Å². The van der Waals surface area contributed by atoms with Crippen LogP contribution in [0.2, 0.25) is 0 Å². The van der Waals surface area contributed by atoms with E-state index >= 15 is 0 Å². The Morgan fingerprint density at radius 1 is 1.36 bits per heavy atom. The second-order valence-electron chi connectivity index (χ2n) is 6.49. The normalized spacial score (nSPS) is 19.1. The van der Waals surface area contributed by atoms with Crippen molar-refractivity contribution in [2.75, 3.05) is 13.2 Å². The van der Waals surface area contributed by atoms with Crippen LogP contribution < -0.4 is 10.0 Å². The molecule has 1 aromatic carbocycles. The lowest BCUT2D eigenvalue weighted by atomic mass is 10.0. The number of hydrogen-bond acceptors (Lipinski definition) is 4. The van der Waals surface area contributed by atoms with Crippen LogP contribution in [0.1, 0.15) is 33.1 Å². The maximum atomic E-state index is 13.8. The molecule has 2 atom stereocenters. The van der Waals surface area contributed by atoms with Crippen molar-refractivity contribution >= 4 is 15.9 Å². The second kappa shape index (κ2) is 8.73. The van der Waals surface area contributed by atoms with Crippen LogP contribution in [0.4, 0.5) is 4.39 Å². The highest BCUT2D eigenvalue weighted by atomic mass is 32.2. The minimum absolute atomic E-state index is 0.146. The third-order valence-electron chi connectivity index (χ3n) is 4.15. The van der Waals surface area contributed by atoms with Gasteiger partial charge in [0.2, 0.25) is 15.9 Å². The van der Waals surface area contributed by atoms with Gasteiger partial charge in [-0.15, -0.1) is 0 Å². The molecule has 0 aliphatic carbocycles. The third-order valence-corrected chi connectivity index (χ3v) is 5.62. The summed E-state index contributed by atoms with van der Waals surface area (Å²) in [4.78, 5) is 11.9. The van der Waals surface area contributed by atoms with E-state index in [1.165, 1.54) is 18.2 Å². The second-order valence-corrected chi connectivity index (χ2v) is 8.17. The van der Waals surface area contributed by atoms with Gasteiger partial charge in [0.05, 0.1) is 6.10 Å². The lowest BCUT2D eigenvalue weighted by molar-refractivity contribution is -0.123. The van der Waals surface area contributed by atoms with Crippen LogP contribution in [-0.2, 0) is 19.6 Å². The van der Waals surface area contributed by atoms with E-state index < -0.39 is 32.7 Å². The Balaban J connectivity index is 1.99. The van der Waals surface area contributed by atoms with E-state index in [2.05, 4.69) is 10.0 Å². The summed E-state index contributed by atoms with van der Waals surface area (Å²) in [7, 11) is -4.13. The molecule has 1 amide bonds. The molecule has 140 valence electrons. The fourth-order valence-electron chi connectivity index (χ4n) is 2.72. The number of sulfonamides is 1. The molecule has 0 bridgehead atoms. The smallest absolute Gasteiger partial charge is 0.244 e. The van der Waals surface area contributed by atoms with Gasteiger partial charge in [0.15, 0.2) is 0 Å². The number of hydrogen-bond donors (Lipinski definition) is 2. The predicted octanol–water partition coefficient (Wildman–Crippen LogP) is 1.81. The van der Waals surface area contributed by atoms with Crippen molar-refractivity contribution in [1.82, 2.24) is 10.0 Å². The van der Waals surface area contributed by atoms with E-state index in [4.69, 9.17) is 4.74 Å². The van der Waals surface area contributed by atoms with Crippen LogP contribution >= 0.6 is 0 Å². The summed E-state index contributed by atoms with van der Waals surface area (Å²) >= 11 is 0. The summed E-state index contributed by atoms with van der Waals surface area (Å²) in [6.45, 7) is 4.62. The Labute approximate surface area is 148 Å². The Morgan fingerprint density at radius 2 is 2.08 bits per heavy atom. The molecule has 1 saturated heterocycles. The van der Waals surface area contributed by atoms with Crippen LogP contribution in [0.25, 0.3) is 0 Å². The van der Waals surface area contributed by atoms with Gasteiger partial charge in [0.1, 0.15) is 16.8 Å². The molecule has 0 radical (unpaired) electrons. The first-order valence-corrected chi connectivity index (χ1v) is 9.96. The lowest BCUT2D eigenvalue weighted by Crippen LogP contribution is -2.50. The molecule has 1 fully saturated rings. The molecule has 1 aliphatic rings. The number of carbonyl (C=O) groups is 1. The largest absolute Gasteiger partial charge is 0.378 e. The monoisotopic (exact) mass is 372 g/mol. The van der Waals surface area contributed by atoms with Crippen molar-refractivity contribution in [3.8, 4) is 0 Å². The van der Waals surface area contributed by atoms with Crippen molar-refractivity contribution < 1.29 is 22.3 Å². The molecule has 1 unspecified atom stereocenters. The van der Waals surface area contributed by atoms with E-state index in [0.29, 0.717) is 13.0 Å². The summed E-state index contributed by atoms with van der Waals surface area (Å²) < 4.78 is 46.4. The summed E-state index contributed by atoms with van der Waals surface area (Å²) in [6.07, 6.45) is 2.84. The van der Waals surface area contributed by atoms with Crippen LogP contribution in [-0.4, -0.2) is 39.6 Å². The number of halogens is 1. The highest BCUT2D eigenvalue weighted by molar-refractivity contribution is 7.89. The molecule has 25 heavy (non-hydrogen) atoms. The Kier molecular flexibility index (Phi) is 6.92. The van der Waals surface area contributed by atoms with E-state index in [9.17, 15) is 17.6 Å². The average Bonchev–Trinajstić information content (AvgIpc) is 3.06. The zero-order valence-electron chi connectivity index (χ0n) is 14.5. The summed E-state index contributed by atoms with van der Waals surface area (Å²) in [6, 6.07) is 4.11. The van der Waals surface area contributed by atoms with Crippen molar-refractivity contribution in [3.05, 3.63) is 30.1 Å². The highest BCUT2D eigenvalue weighted by Gasteiger charge is 2.29. The number of nitrogens with one attached hydrogen (secondary N) is 2. The van der Waals surface area contributed by atoms with E-state index in [0.717, 1.165) is 25.5 Å². The summed E-state index contributed by atoms with van der Waals surface area (Å²) in [5.41, 5.74) is 0. The average molecular weight is 372 g/mol. The number of amides is 1. The molecule has 0 aromatic heterocycles. The zero-order chi connectivity index (χ0) is 18.4. The van der Waals surface area contributed by atoms with Crippen molar-refractivity contribution in [2.45, 2.75) is 50.2 Å². The number of carbonyl (C=O) groups excluding carboxylic acids is 1. The van der Waals surface area contributed by atoms with Crippen LogP contribution in [0.5, 0.6) is 0 Å². The van der Waals surface area contributed by atoms with E-state index in [1.54, 1.807) is 13.8 Å². The molecule has 0 saturated carbocycles. The fourth-order valence-corrected chi connectivity index (χ4v) is 4.15. The zero-order valence-corrected chi connectivity index (χ0v) is 15.3. The molecular weight excluding hydrogens is 347 g/mol. The first-order valence-electron chi connectivity index (χ1n) is 8.47. The minimum atomic E-state index is -4.13. The van der Waals surface area contributed by atoms with Gasteiger partial charge in [-0.05, 0) is 37.3 Å². The number of ether oxygens (including phenoxy) is 1. The van der Waals surface area contributed by atoms with Gasteiger partial charge in [-0.2, -0.15) is 4.72 Å². The van der Waals surface area contributed by atoms with E-state index in [1.807, 2.05) is 0 Å². The molecule has 2 N–H and O–H groups in total. The minimum Gasteiger partial charge on any atom is -0.378 e. The first kappa shape index (κ1) is 19.8. The Morgan fingerprint density at radius 3 is 2.68 bits per heavy atom. The maximum Gasteiger partial charge on any atom is 0.244 e. The maximum absolute atomic E-state index is 13.8. The van der Waals surface area contributed by atoms with Gasteiger partial charge in [-0.25, -0.2) is 12.8 Å². The van der Waals surface area contributed by atoms with Gasteiger partial charge in [-0.1, -0.05) is 26.0 Å². The molecule has 8 heteroatoms. The molecular formula is C17H25FN2O4S. The van der Waals surface area contributed by atoms with Crippen molar-refractivity contribution in [1.29, 1.82) is 0 Å². The Hall–Kier alpha value is -1.51. The SMILES string of the molecule is CC(C)[C@H](NS(=O)(=O)c1ccccc1F)C(=O)NCCC1CCCO1. The number of benzene rings is 1. The van der Waals surface area contributed by atoms with Gasteiger partial charge in [0, 0.05) is 13.2 Å². The standard InChI is InChI=1S/C17H25FN2O4S/c1-12(2)16(17(21)19-10-9-13-6-5-11-24-13)20-25(22,23)15-8-4-3-7-14(15)18/h3-4,7-8,12-13,16,20H,5-6,9-11H2,1-2H3,(H,19,21)/t13?,16-/m0/s1. The van der Waals surface area contributed by atoms with Gasteiger partial charge >= 0.3 is 0 Å². The fraction of sp³-hybridized carbons (Fsp3) is 0.588. The van der Waals surface area contributed by atoms with Crippen LogP contribution in [0, 0.1) is 11.7 Å². The van der Waals surface area contributed by atoms with Gasteiger partial charge < -0.3 is 10.1 Å². The highest BCUT2D eigenvalue weighted by Crippen LogP contribution is 2.16. The molecule has 1 aromatic rings. The molecule has 0 spiro atoms. The van der Waals surface area contributed by atoms with Crippen molar-refractivity contribution in [2.24, 2.45) is 5.92 Å². The summed E-state index contributed by atoms with van der Waals surface area (Å²) in [5.74, 6) is -1.56. The first-order chi connectivity index (χ1) is 11.8. The van der Waals surface area contributed by atoms with Crippen molar-refractivity contribution in [3.63, 3.8) is 0 Å². The van der Waals surface area contributed by atoms with Gasteiger partial charge in [0.25, 0.3) is 0 Å². The van der Waals surface area contributed by atoms with Gasteiger partial charge in [-0.3, -0.25) is 4.79 Å². The number of rotatable bonds is 8. The molecule has 2 rings (SSSR count). The third kappa shape index (κ3) is 5.49. The molecule has 6 nitrogen and oxygen atoms in total. The molecule has 1 aliphatic heterocycles. The Bertz CT molecular complexity index is 688. The van der Waals surface area contributed by atoms with E-state index in [-0.39, 0.29) is 12.0 Å². The summed E-state index contributed by atoms with van der Waals surface area (Å²) in [5, 5.41) is 2.74. The predicted molar refractivity (Wildman–Crippen MR) is 91.9 cm³/mol. The lowest BCUT2D eigenvalue weighted by Gasteiger charge is -2.22. The quantitative estimate of drug-likeness (QED) is 0.729. The topological polar surface area (TPSA) is 84.5 Å². The molecule has 1 heterocycles. The van der Waals surface area contributed by atoms with Crippen LogP contribution in [0.15, 0.2) is 29.2 Å².